The molecule has 2 aliphatic heterocycles. The second-order valence-corrected chi connectivity index (χ2v) is 8.73. The number of likely N-dealkylation sites (N-methyl/N-ethyl adjacent to an activating group) is 1. The topological polar surface area (TPSA) is 82.3 Å². The van der Waals surface area contributed by atoms with Gasteiger partial charge in [-0.2, -0.15) is 0 Å². The summed E-state index contributed by atoms with van der Waals surface area (Å²) in [5.74, 6) is 0.194. The molecule has 33 heavy (non-hydrogen) atoms. The number of H-pyrrole nitrogens is 1. The summed E-state index contributed by atoms with van der Waals surface area (Å²) in [7, 11) is 2.12. The van der Waals surface area contributed by atoms with Gasteiger partial charge < -0.3 is 25.3 Å². The van der Waals surface area contributed by atoms with Crippen LogP contribution >= 0.6 is 0 Å². The van der Waals surface area contributed by atoms with Crippen molar-refractivity contribution in [3.05, 3.63) is 59.3 Å². The molecule has 1 unspecified atom stereocenters. The number of benzene rings is 1. The minimum atomic E-state index is -0.302. The van der Waals surface area contributed by atoms with E-state index in [4.69, 9.17) is 4.74 Å². The molecule has 5 rings (SSSR count). The fourth-order valence-electron chi connectivity index (χ4n) is 4.66. The molecule has 0 spiro atoms. The number of pyridine rings is 1. The molecule has 3 aromatic rings. The molecular weight excluding hydrogens is 421 g/mol. The van der Waals surface area contributed by atoms with Gasteiger partial charge in [-0.3, -0.25) is 9.78 Å². The lowest BCUT2D eigenvalue weighted by Gasteiger charge is -2.21. The van der Waals surface area contributed by atoms with Crippen molar-refractivity contribution >= 4 is 17.3 Å². The average molecular weight is 450 g/mol. The highest BCUT2D eigenvalue weighted by Crippen LogP contribution is 2.40. The Hall–Kier alpha value is -3.39. The highest BCUT2D eigenvalue weighted by molar-refractivity contribution is 6.06. The summed E-state index contributed by atoms with van der Waals surface area (Å²) in [5, 5.41) is 6.25. The summed E-state index contributed by atoms with van der Waals surface area (Å²) in [6, 6.07) is 7.14. The van der Waals surface area contributed by atoms with Crippen LogP contribution in [0.1, 0.15) is 34.5 Å². The molecule has 8 heteroatoms. The maximum atomic E-state index is 14.2. The van der Waals surface area contributed by atoms with Crippen LogP contribution in [0.2, 0.25) is 0 Å². The van der Waals surface area contributed by atoms with Gasteiger partial charge in [0.25, 0.3) is 5.91 Å². The van der Waals surface area contributed by atoms with Crippen LogP contribution in [0.15, 0.2) is 36.7 Å². The lowest BCUT2D eigenvalue weighted by atomic mass is 10.0. The first-order chi connectivity index (χ1) is 16.0. The van der Waals surface area contributed by atoms with Crippen LogP contribution < -0.4 is 15.4 Å². The predicted molar refractivity (Wildman–Crippen MR) is 126 cm³/mol. The van der Waals surface area contributed by atoms with Crippen LogP contribution in [0, 0.1) is 12.7 Å². The van der Waals surface area contributed by atoms with E-state index in [1.807, 2.05) is 12.1 Å². The second-order valence-electron chi connectivity index (χ2n) is 8.73. The number of nitrogens with zero attached hydrogens (tertiary/aromatic N) is 2. The van der Waals surface area contributed by atoms with E-state index in [1.165, 1.54) is 12.5 Å². The minimum Gasteiger partial charge on any atom is -0.490 e. The van der Waals surface area contributed by atoms with Gasteiger partial charge in [-0.15, -0.1) is 0 Å². The number of aromatic amines is 1. The minimum absolute atomic E-state index is 0.153. The van der Waals surface area contributed by atoms with Crippen molar-refractivity contribution in [3.8, 4) is 17.0 Å². The van der Waals surface area contributed by atoms with E-state index in [1.54, 1.807) is 25.4 Å². The van der Waals surface area contributed by atoms with Crippen molar-refractivity contribution in [3.63, 3.8) is 0 Å². The highest BCUT2D eigenvalue weighted by Gasteiger charge is 2.29. The number of hydrogen-bond donors (Lipinski definition) is 3. The molecule has 0 aliphatic carbocycles. The number of carbonyl (C=O) groups excluding carboxylic acids is 1. The normalized spacial score (nSPS) is 18.2. The Morgan fingerprint density at radius 3 is 3.03 bits per heavy atom. The molecule has 3 N–H and O–H groups in total. The zero-order chi connectivity index (χ0) is 22.9. The van der Waals surface area contributed by atoms with Gasteiger partial charge in [0.05, 0.1) is 23.1 Å². The number of hydrogen-bond acceptors (Lipinski definition) is 5. The first-order valence-electron chi connectivity index (χ1n) is 11.4. The fourth-order valence-corrected chi connectivity index (χ4v) is 4.66. The molecule has 0 saturated carbocycles. The van der Waals surface area contributed by atoms with Crippen LogP contribution in [0.5, 0.6) is 5.75 Å². The molecule has 2 aliphatic rings. The van der Waals surface area contributed by atoms with Gasteiger partial charge in [-0.05, 0) is 51.6 Å². The number of ether oxygens (including phenoxy) is 1. The Bertz CT molecular complexity index is 1190. The van der Waals surface area contributed by atoms with Crippen molar-refractivity contribution in [2.24, 2.45) is 0 Å². The van der Waals surface area contributed by atoms with Gasteiger partial charge in [0.1, 0.15) is 18.2 Å². The van der Waals surface area contributed by atoms with E-state index in [9.17, 15) is 9.18 Å². The maximum absolute atomic E-state index is 14.2. The fraction of sp³-hybridized carbons (Fsp3) is 0.360. The van der Waals surface area contributed by atoms with Crippen molar-refractivity contribution in [1.29, 1.82) is 0 Å². The van der Waals surface area contributed by atoms with Crippen molar-refractivity contribution < 1.29 is 13.9 Å². The first-order valence-corrected chi connectivity index (χ1v) is 11.4. The van der Waals surface area contributed by atoms with Gasteiger partial charge in [0.2, 0.25) is 0 Å². The largest absolute Gasteiger partial charge is 0.490 e. The van der Waals surface area contributed by atoms with Gasteiger partial charge in [0, 0.05) is 47.7 Å². The summed E-state index contributed by atoms with van der Waals surface area (Å²) < 4.78 is 20.5. The number of anilines is 2. The molecule has 0 radical (unpaired) electrons. The van der Waals surface area contributed by atoms with Gasteiger partial charge in [0.15, 0.2) is 0 Å². The number of halogens is 1. The van der Waals surface area contributed by atoms with Crippen LogP contribution in [0.3, 0.4) is 0 Å². The molecule has 1 fully saturated rings. The van der Waals surface area contributed by atoms with E-state index in [0.717, 1.165) is 29.9 Å². The zero-order valence-corrected chi connectivity index (χ0v) is 18.9. The summed E-state index contributed by atoms with van der Waals surface area (Å²) >= 11 is 0. The predicted octanol–water partition coefficient (Wildman–Crippen LogP) is 4.03. The van der Waals surface area contributed by atoms with Crippen LogP contribution in [-0.2, 0) is 6.42 Å². The molecule has 0 bridgehead atoms. The van der Waals surface area contributed by atoms with Gasteiger partial charge in [-0.1, -0.05) is 6.07 Å². The lowest BCUT2D eigenvalue weighted by Crippen LogP contribution is -2.31. The lowest BCUT2D eigenvalue weighted by molar-refractivity contribution is 0.0947. The van der Waals surface area contributed by atoms with Gasteiger partial charge >= 0.3 is 0 Å². The van der Waals surface area contributed by atoms with Gasteiger partial charge in [-0.25, -0.2) is 4.39 Å². The molecule has 1 aromatic carbocycles. The van der Waals surface area contributed by atoms with E-state index in [-0.39, 0.29) is 11.7 Å². The Labute approximate surface area is 192 Å². The van der Waals surface area contributed by atoms with Crippen molar-refractivity contribution in [2.45, 2.75) is 32.2 Å². The molecule has 4 heterocycles. The molecule has 172 valence electrons. The molecule has 1 saturated heterocycles. The summed E-state index contributed by atoms with van der Waals surface area (Å²) in [5.41, 5.74) is 4.67. The van der Waals surface area contributed by atoms with Crippen LogP contribution in [0.25, 0.3) is 11.3 Å². The number of likely N-dealkylation sites (tertiary alicyclic amines) is 1. The number of amides is 1. The second kappa shape index (κ2) is 8.86. The summed E-state index contributed by atoms with van der Waals surface area (Å²) in [4.78, 5) is 22.8. The van der Waals surface area contributed by atoms with E-state index < -0.39 is 0 Å². The standard InChI is InChI=1S/C25H28FN5O2/c1-15-18(26)6-3-7-19(15)29-24-22-20(9-11-28-25(22)32)30-23(24)17-8-10-27-13-21(17)33-14-16-5-4-12-31(16)2/h3,6-8,10,13,16,29-30H,4-5,9,11-12,14H2,1-2H3,(H,28,32). The smallest absolute Gasteiger partial charge is 0.255 e. The number of rotatable bonds is 6. The Kier molecular flexibility index (Phi) is 5.76. The Morgan fingerprint density at radius 2 is 2.21 bits per heavy atom. The molecule has 2 aromatic heterocycles. The third kappa shape index (κ3) is 4.06. The Morgan fingerprint density at radius 1 is 1.33 bits per heavy atom. The highest BCUT2D eigenvalue weighted by atomic mass is 19.1. The van der Waals surface area contributed by atoms with E-state index in [2.05, 4.69) is 32.5 Å². The third-order valence-corrected chi connectivity index (χ3v) is 6.65. The zero-order valence-electron chi connectivity index (χ0n) is 18.9. The number of fused-ring (bicyclic) bond motifs is 1. The van der Waals surface area contributed by atoms with Crippen LogP contribution in [0.4, 0.5) is 15.8 Å². The average Bonchev–Trinajstić information content (AvgIpc) is 3.39. The molecule has 1 amide bonds. The molecular formula is C25H28FN5O2. The molecule has 1 atom stereocenters. The maximum Gasteiger partial charge on any atom is 0.255 e. The van der Waals surface area contributed by atoms with Crippen LogP contribution in [-0.4, -0.2) is 53.6 Å². The summed E-state index contributed by atoms with van der Waals surface area (Å²) in [6.07, 6.45) is 6.38. The van der Waals surface area contributed by atoms with Crippen molar-refractivity contribution in [2.75, 3.05) is 32.1 Å². The SMILES string of the molecule is Cc1c(F)cccc1Nc1c(-c2ccncc2OCC2CCCN2C)[nH]c2c1C(=O)NCC2. The van der Waals surface area contributed by atoms with E-state index in [0.29, 0.717) is 53.9 Å². The van der Waals surface area contributed by atoms with Crippen molar-refractivity contribution in [1.82, 2.24) is 20.2 Å². The monoisotopic (exact) mass is 449 g/mol. The van der Waals surface area contributed by atoms with E-state index >= 15 is 0 Å². The quantitative estimate of drug-likeness (QED) is 0.529. The number of carbonyl (C=O) groups is 1. The number of nitrogens with one attached hydrogen (secondary N) is 3. The third-order valence-electron chi connectivity index (χ3n) is 6.65. The first kappa shape index (κ1) is 21.5. The number of aromatic nitrogens is 2. The summed E-state index contributed by atoms with van der Waals surface area (Å²) in [6.45, 7) is 3.93. The molecule has 7 nitrogen and oxygen atoms in total. The Balaban J connectivity index is 1.56.